The number of fused-ring (bicyclic) bond motifs is 1. The largest absolute Gasteiger partial charge is 0.494 e. The van der Waals surface area contributed by atoms with Crippen molar-refractivity contribution in [3.63, 3.8) is 0 Å². The minimum atomic E-state index is -2.25. The maximum absolute atomic E-state index is 13.0. The number of rotatable bonds is 12. The first-order chi connectivity index (χ1) is 20.1. The highest BCUT2D eigenvalue weighted by molar-refractivity contribution is 6.33. The van der Waals surface area contributed by atoms with E-state index in [0.717, 1.165) is 23.0 Å². The number of carbonyl (C=O) groups is 2. The molecular formula is C28H31Cl2FN8O3. The summed E-state index contributed by atoms with van der Waals surface area (Å²) >= 11 is 11.6. The average molecular weight is 618 g/mol. The van der Waals surface area contributed by atoms with E-state index in [-0.39, 0.29) is 5.95 Å². The molecule has 4 N–H and O–H groups in total. The van der Waals surface area contributed by atoms with Crippen LogP contribution in [0.1, 0.15) is 0 Å². The molecule has 2 amide bonds. The highest BCUT2D eigenvalue weighted by atomic mass is 35.5. The van der Waals surface area contributed by atoms with E-state index in [1.54, 1.807) is 12.1 Å². The molecule has 4 rings (SSSR count). The first-order valence-corrected chi connectivity index (χ1v) is 13.7. The topological polar surface area (TPSA) is 128 Å². The van der Waals surface area contributed by atoms with Crippen LogP contribution in [0.4, 0.5) is 27.4 Å². The van der Waals surface area contributed by atoms with Crippen molar-refractivity contribution in [2.45, 2.75) is 5.63 Å². The Balaban J connectivity index is 1.68. The summed E-state index contributed by atoms with van der Waals surface area (Å²) in [4.78, 5) is 40.4. The zero-order chi connectivity index (χ0) is 30.4. The molecular weight excluding hydrogens is 586 g/mol. The molecule has 2 aromatic carbocycles. The quantitative estimate of drug-likeness (QED) is 0.170. The molecule has 14 heteroatoms. The minimum Gasteiger partial charge on any atom is -0.494 e. The number of anilines is 4. The van der Waals surface area contributed by atoms with Crippen LogP contribution in [-0.2, 0) is 9.59 Å². The SMILES string of the molecule is COc1cc(N(C)CCN(C)C)c(NC(=O)CNC(=O)C(F)Cl)cc1Nc1ncc(Cl)c(-c2c[nH]c3ccccc23)n1. The van der Waals surface area contributed by atoms with E-state index < -0.39 is 24.0 Å². The van der Waals surface area contributed by atoms with E-state index >= 15 is 0 Å². The van der Waals surface area contributed by atoms with E-state index in [9.17, 15) is 14.0 Å². The molecule has 0 bridgehead atoms. The van der Waals surface area contributed by atoms with Gasteiger partial charge in [0.2, 0.25) is 11.9 Å². The normalized spacial score (nSPS) is 11.8. The molecule has 0 spiro atoms. The smallest absolute Gasteiger partial charge is 0.270 e. The molecule has 4 aromatic rings. The van der Waals surface area contributed by atoms with Gasteiger partial charge in [-0.3, -0.25) is 9.59 Å². The van der Waals surface area contributed by atoms with E-state index in [0.29, 0.717) is 40.1 Å². The predicted octanol–water partition coefficient (Wildman–Crippen LogP) is 4.62. The number of H-pyrrole nitrogens is 1. The molecule has 0 saturated heterocycles. The fourth-order valence-corrected chi connectivity index (χ4v) is 4.44. The fourth-order valence-electron chi connectivity index (χ4n) is 4.17. The highest BCUT2D eigenvalue weighted by Crippen LogP contribution is 2.39. The Hall–Kier alpha value is -4.13. The van der Waals surface area contributed by atoms with Crippen LogP contribution < -0.4 is 25.6 Å². The van der Waals surface area contributed by atoms with Gasteiger partial charge in [-0.1, -0.05) is 41.4 Å². The lowest BCUT2D eigenvalue weighted by Crippen LogP contribution is -2.36. The number of carbonyl (C=O) groups excluding carboxylic acids is 2. The number of likely N-dealkylation sites (N-methyl/N-ethyl adjacent to an activating group) is 2. The molecule has 1 atom stereocenters. The van der Waals surface area contributed by atoms with Gasteiger partial charge in [0.15, 0.2) is 0 Å². The second-order valence-electron chi connectivity index (χ2n) is 9.62. The molecule has 0 aliphatic carbocycles. The number of halogens is 3. The van der Waals surface area contributed by atoms with Gasteiger partial charge in [0.25, 0.3) is 11.5 Å². The Morgan fingerprint density at radius 1 is 1.14 bits per heavy atom. The lowest BCUT2D eigenvalue weighted by atomic mass is 10.1. The molecule has 2 heterocycles. The molecule has 0 saturated carbocycles. The van der Waals surface area contributed by atoms with Crippen LogP contribution in [0, 0.1) is 0 Å². The number of nitrogens with zero attached hydrogens (tertiary/aromatic N) is 4. The zero-order valence-corrected chi connectivity index (χ0v) is 25.0. The number of alkyl halides is 2. The number of benzene rings is 2. The van der Waals surface area contributed by atoms with Gasteiger partial charge in [0.05, 0.1) is 47.6 Å². The number of aromatic amines is 1. The van der Waals surface area contributed by atoms with Crippen LogP contribution in [0.5, 0.6) is 5.75 Å². The minimum absolute atomic E-state index is 0.243. The fraction of sp³-hybridized carbons (Fsp3) is 0.286. The predicted molar refractivity (Wildman–Crippen MR) is 165 cm³/mol. The van der Waals surface area contributed by atoms with Crippen LogP contribution in [0.2, 0.25) is 5.02 Å². The third-order valence-corrected chi connectivity index (χ3v) is 6.82. The summed E-state index contributed by atoms with van der Waals surface area (Å²) in [6.45, 7) is 0.896. The molecule has 42 heavy (non-hydrogen) atoms. The van der Waals surface area contributed by atoms with E-state index in [2.05, 4.69) is 30.9 Å². The number of para-hydroxylation sites is 1. The lowest BCUT2D eigenvalue weighted by molar-refractivity contribution is -0.125. The summed E-state index contributed by atoms with van der Waals surface area (Å²) in [7, 11) is 7.31. The maximum Gasteiger partial charge on any atom is 0.270 e. The van der Waals surface area contributed by atoms with Crippen molar-refractivity contribution in [3.8, 4) is 17.0 Å². The van der Waals surface area contributed by atoms with Gasteiger partial charge < -0.3 is 35.5 Å². The van der Waals surface area contributed by atoms with Crippen molar-refractivity contribution in [3.05, 3.63) is 53.8 Å². The summed E-state index contributed by atoms with van der Waals surface area (Å²) < 4.78 is 18.7. The Bertz CT molecular complexity index is 1580. The van der Waals surface area contributed by atoms with Crippen molar-refractivity contribution >= 4 is 68.9 Å². The highest BCUT2D eigenvalue weighted by Gasteiger charge is 2.20. The molecule has 0 fully saturated rings. The molecule has 0 aliphatic rings. The number of ether oxygens (including phenoxy) is 1. The van der Waals surface area contributed by atoms with Crippen molar-refractivity contribution in [2.24, 2.45) is 0 Å². The molecule has 11 nitrogen and oxygen atoms in total. The third-order valence-electron chi connectivity index (χ3n) is 6.34. The lowest BCUT2D eigenvalue weighted by Gasteiger charge is -2.26. The van der Waals surface area contributed by atoms with Crippen LogP contribution in [0.25, 0.3) is 22.2 Å². The molecule has 222 valence electrons. The zero-order valence-electron chi connectivity index (χ0n) is 23.5. The summed E-state index contributed by atoms with van der Waals surface area (Å²) in [5, 5.41) is 9.42. The summed E-state index contributed by atoms with van der Waals surface area (Å²) in [5.74, 6) is -0.975. The Kier molecular flexibility index (Phi) is 10.0. The molecule has 0 radical (unpaired) electrons. The van der Waals surface area contributed by atoms with Crippen molar-refractivity contribution < 1.29 is 18.7 Å². The number of nitrogens with one attached hydrogen (secondary N) is 4. The average Bonchev–Trinajstić information content (AvgIpc) is 3.39. The third kappa shape index (κ3) is 7.38. The van der Waals surface area contributed by atoms with Crippen LogP contribution >= 0.6 is 23.2 Å². The standard InChI is InChI=1S/C28H31Cl2FN8O3/c1-38(2)9-10-39(3)22-12-23(42-4)21(11-20(22)35-24(40)15-33-27(41)26(30)31)36-28-34-14-18(29)25(37-28)17-13-32-19-8-6-5-7-16(17)19/h5-8,11-14,26,32H,9-10,15H2,1-4H3,(H,33,41)(H,35,40)(H,34,36,37). The van der Waals surface area contributed by atoms with Gasteiger partial charge in [0, 0.05) is 48.9 Å². The van der Waals surface area contributed by atoms with Crippen molar-refractivity contribution in [1.29, 1.82) is 0 Å². The van der Waals surface area contributed by atoms with Gasteiger partial charge in [-0.25, -0.2) is 14.4 Å². The van der Waals surface area contributed by atoms with E-state index in [1.807, 2.05) is 61.4 Å². The van der Waals surface area contributed by atoms with Crippen molar-refractivity contribution in [1.82, 2.24) is 25.2 Å². The molecule has 0 aliphatic heterocycles. The number of methoxy groups -OCH3 is 1. The number of hydrogen-bond donors (Lipinski definition) is 4. The number of amides is 2. The number of aromatic nitrogens is 3. The van der Waals surface area contributed by atoms with E-state index in [4.69, 9.17) is 27.9 Å². The second-order valence-corrected chi connectivity index (χ2v) is 10.4. The van der Waals surface area contributed by atoms with Gasteiger partial charge >= 0.3 is 0 Å². The van der Waals surface area contributed by atoms with Gasteiger partial charge in [-0.2, -0.15) is 0 Å². The molecule has 1 unspecified atom stereocenters. The summed E-state index contributed by atoms with van der Waals surface area (Å²) in [6.07, 6.45) is 3.34. The Labute approximate surface area is 252 Å². The Morgan fingerprint density at radius 2 is 1.90 bits per heavy atom. The first kappa shape index (κ1) is 30.8. The summed E-state index contributed by atoms with van der Waals surface area (Å²) in [5.41, 5.74) is 1.54. The number of hydrogen-bond acceptors (Lipinski definition) is 8. The van der Waals surface area contributed by atoms with Crippen molar-refractivity contribution in [2.75, 3.05) is 63.4 Å². The van der Waals surface area contributed by atoms with Crippen LogP contribution in [0.15, 0.2) is 48.8 Å². The van der Waals surface area contributed by atoms with Crippen LogP contribution in [0.3, 0.4) is 0 Å². The van der Waals surface area contributed by atoms with E-state index in [1.165, 1.54) is 13.3 Å². The summed E-state index contributed by atoms with van der Waals surface area (Å²) in [6, 6.07) is 11.2. The van der Waals surface area contributed by atoms with Gasteiger partial charge in [-0.05, 0) is 26.2 Å². The Morgan fingerprint density at radius 3 is 2.62 bits per heavy atom. The van der Waals surface area contributed by atoms with Gasteiger partial charge in [-0.15, -0.1) is 0 Å². The van der Waals surface area contributed by atoms with Gasteiger partial charge in [0.1, 0.15) is 5.75 Å². The second kappa shape index (κ2) is 13.7. The monoisotopic (exact) mass is 616 g/mol. The van der Waals surface area contributed by atoms with Crippen LogP contribution in [-0.4, -0.2) is 85.2 Å². The first-order valence-electron chi connectivity index (χ1n) is 12.9. The maximum atomic E-state index is 13.0. The molecule has 2 aromatic heterocycles.